The van der Waals surface area contributed by atoms with Crippen LogP contribution in [-0.2, 0) is 4.79 Å². The first kappa shape index (κ1) is 23.3. The zero-order valence-electron chi connectivity index (χ0n) is 18.2. The molecule has 1 saturated heterocycles. The fourth-order valence-electron chi connectivity index (χ4n) is 3.48. The summed E-state index contributed by atoms with van der Waals surface area (Å²) in [6.45, 7) is 4.37. The molecule has 0 saturated carbocycles. The van der Waals surface area contributed by atoms with Gasteiger partial charge in [0.25, 0.3) is 10.9 Å². The van der Waals surface area contributed by atoms with E-state index in [4.69, 9.17) is 10.8 Å². The maximum atomic E-state index is 12.3. The van der Waals surface area contributed by atoms with E-state index in [9.17, 15) is 14.9 Å². The van der Waals surface area contributed by atoms with Gasteiger partial charge in [-0.15, -0.1) is 16.6 Å². The van der Waals surface area contributed by atoms with Crippen molar-refractivity contribution in [2.75, 3.05) is 48.7 Å². The number of carbonyl (C=O) groups is 1. The van der Waals surface area contributed by atoms with Crippen molar-refractivity contribution in [1.29, 1.82) is 0 Å². The number of nitro benzene ring substituents is 1. The Bertz CT molecular complexity index is 1180. The lowest BCUT2D eigenvalue weighted by molar-refractivity contribution is -0.384. The summed E-state index contributed by atoms with van der Waals surface area (Å²) < 4.78 is 5.55. The van der Waals surface area contributed by atoms with Crippen LogP contribution < -0.4 is 10.2 Å². The van der Waals surface area contributed by atoms with Gasteiger partial charge in [0, 0.05) is 55.2 Å². The Morgan fingerprint density at radius 1 is 1.12 bits per heavy atom. The monoisotopic (exact) mass is 478 g/mol. The third-order valence-corrected chi connectivity index (χ3v) is 6.08. The number of nitro groups is 1. The predicted molar refractivity (Wildman–Crippen MR) is 130 cm³/mol. The number of nitrogens with one attached hydrogen (secondary N) is 1. The van der Waals surface area contributed by atoms with E-state index in [-0.39, 0.29) is 28.5 Å². The lowest BCUT2D eigenvalue weighted by atomic mass is 10.2. The van der Waals surface area contributed by atoms with Gasteiger partial charge in [-0.3, -0.25) is 19.8 Å². The van der Waals surface area contributed by atoms with Crippen LogP contribution >= 0.6 is 11.8 Å². The number of anilines is 2. The van der Waals surface area contributed by atoms with E-state index in [1.165, 1.54) is 24.3 Å². The topological polar surface area (TPSA) is 118 Å². The van der Waals surface area contributed by atoms with E-state index in [0.29, 0.717) is 17.8 Å². The maximum absolute atomic E-state index is 12.3. The van der Waals surface area contributed by atoms with Crippen LogP contribution in [0.3, 0.4) is 0 Å². The van der Waals surface area contributed by atoms with Gasteiger partial charge in [0.05, 0.1) is 17.2 Å². The summed E-state index contributed by atoms with van der Waals surface area (Å²) in [5.41, 5.74) is 2.35. The van der Waals surface area contributed by atoms with Crippen molar-refractivity contribution in [1.82, 2.24) is 15.1 Å². The van der Waals surface area contributed by atoms with Gasteiger partial charge in [0.15, 0.2) is 0 Å². The van der Waals surface area contributed by atoms with Crippen LogP contribution in [-0.4, -0.2) is 64.4 Å². The van der Waals surface area contributed by atoms with Gasteiger partial charge in [-0.1, -0.05) is 17.7 Å². The molecule has 0 spiro atoms. The highest BCUT2D eigenvalue weighted by Gasteiger charge is 2.17. The van der Waals surface area contributed by atoms with Crippen molar-refractivity contribution in [2.24, 2.45) is 0 Å². The van der Waals surface area contributed by atoms with Gasteiger partial charge < -0.3 is 14.6 Å². The molecule has 2 aromatic carbocycles. The van der Waals surface area contributed by atoms with E-state index in [1.54, 1.807) is 0 Å². The summed E-state index contributed by atoms with van der Waals surface area (Å²) in [4.78, 5) is 27.2. The minimum atomic E-state index is -0.478. The number of nitrogens with zero attached hydrogens (tertiary/aromatic N) is 5. The minimum Gasteiger partial charge on any atom is -0.411 e. The molecule has 1 N–H and O–H groups in total. The molecule has 1 aliphatic rings. The van der Waals surface area contributed by atoms with Crippen molar-refractivity contribution in [3.05, 3.63) is 58.6 Å². The Morgan fingerprint density at radius 2 is 1.82 bits per heavy atom. The fourth-order valence-corrected chi connectivity index (χ4v) is 4.05. The molecule has 0 atom stereocenters. The van der Waals surface area contributed by atoms with Crippen LogP contribution in [0.15, 0.2) is 58.2 Å². The largest absolute Gasteiger partial charge is 0.411 e. The summed E-state index contributed by atoms with van der Waals surface area (Å²) in [5, 5.41) is 21.7. The highest BCUT2D eigenvalue weighted by molar-refractivity contribution is 7.99. The third-order valence-electron chi connectivity index (χ3n) is 5.26. The Morgan fingerprint density at radius 3 is 2.47 bits per heavy atom. The summed E-state index contributed by atoms with van der Waals surface area (Å²) in [5.74, 6) is 2.81. The summed E-state index contributed by atoms with van der Waals surface area (Å²) in [6.07, 6.45) is 5.38. The number of amides is 1. The molecule has 2 heterocycles. The van der Waals surface area contributed by atoms with Crippen molar-refractivity contribution in [3.8, 4) is 23.8 Å². The Hall–Kier alpha value is -3.88. The van der Waals surface area contributed by atoms with E-state index < -0.39 is 4.92 Å². The molecule has 11 heteroatoms. The lowest BCUT2D eigenvalue weighted by Crippen LogP contribution is -2.46. The van der Waals surface area contributed by atoms with Crippen LogP contribution in [0.1, 0.15) is 0 Å². The number of aromatic nitrogens is 2. The number of piperazine rings is 1. The van der Waals surface area contributed by atoms with Crippen LogP contribution in [0.5, 0.6) is 0 Å². The maximum Gasteiger partial charge on any atom is 0.277 e. The van der Waals surface area contributed by atoms with E-state index in [2.05, 4.69) is 31.2 Å². The molecule has 0 aliphatic carbocycles. The quantitative estimate of drug-likeness (QED) is 0.225. The first-order valence-electron chi connectivity index (χ1n) is 10.5. The number of terminal acetylenes is 1. The van der Waals surface area contributed by atoms with Crippen molar-refractivity contribution in [2.45, 2.75) is 5.22 Å². The lowest BCUT2D eigenvalue weighted by Gasteiger charge is -2.35. The normalized spacial score (nSPS) is 13.9. The fraction of sp³-hybridized carbons (Fsp3) is 0.261. The summed E-state index contributed by atoms with van der Waals surface area (Å²) >= 11 is 1.11. The van der Waals surface area contributed by atoms with Gasteiger partial charge in [-0.2, -0.15) is 0 Å². The summed E-state index contributed by atoms with van der Waals surface area (Å²) in [6, 6.07) is 13.6. The molecule has 0 unspecified atom stereocenters. The van der Waals surface area contributed by atoms with Gasteiger partial charge in [-0.25, -0.2) is 0 Å². The second kappa shape index (κ2) is 10.8. The Balaban J connectivity index is 1.25. The molecule has 4 rings (SSSR count). The zero-order chi connectivity index (χ0) is 23.9. The van der Waals surface area contributed by atoms with Gasteiger partial charge in [-0.05, 0) is 36.4 Å². The number of hydrogen-bond donors (Lipinski definition) is 1. The van der Waals surface area contributed by atoms with Crippen molar-refractivity contribution < 1.29 is 14.1 Å². The van der Waals surface area contributed by atoms with Gasteiger partial charge in [0.2, 0.25) is 11.8 Å². The Labute approximate surface area is 200 Å². The van der Waals surface area contributed by atoms with Crippen molar-refractivity contribution in [3.63, 3.8) is 0 Å². The standard InChI is InChI=1S/C23H22N6O4S/c1-2-11-27-12-14-28(15-13-27)19-9-5-18(6-10-19)24-21(30)16-34-23-26-25-22(33-23)17-3-7-20(8-4-17)29(31)32/h1,3-10H,11-16H2,(H,24,30). The van der Waals surface area contributed by atoms with Crippen molar-refractivity contribution >= 4 is 34.7 Å². The summed E-state index contributed by atoms with van der Waals surface area (Å²) in [7, 11) is 0. The average Bonchev–Trinajstić information content (AvgIpc) is 3.33. The van der Waals surface area contributed by atoms with E-state index in [1.807, 2.05) is 24.3 Å². The van der Waals surface area contributed by atoms with E-state index >= 15 is 0 Å². The van der Waals surface area contributed by atoms with Crippen LogP contribution in [0.4, 0.5) is 17.1 Å². The highest BCUT2D eigenvalue weighted by atomic mass is 32.2. The van der Waals surface area contributed by atoms with Gasteiger partial charge >= 0.3 is 0 Å². The van der Waals surface area contributed by atoms with Crippen LogP contribution in [0, 0.1) is 22.5 Å². The molecule has 1 fully saturated rings. The molecule has 34 heavy (non-hydrogen) atoms. The first-order chi connectivity index (χ1) is 16.5. The second-order valence-electron chi connectivity index (χ2n) is 7.53. The second-order valence-corrected chi connectivity index (χ2v) is 8.45. The third kappa shape index (κ3) is 5.92. The SMILES string of the molecule is C#CCN1CCN(c2ccc(NC(=O)CSc3nnc(-c4ccc([N+](=O)[O-])cc4)o3)cc2)CC1. The number of thioether (sulfide) groups is 1. The molecule has 1 aliphatic heterocycles. The van der Waals surface area contributed by atoms with Crippen LogP contribution in [0.2, 0.25) is 0 Å². The Kier molecular flexibility index (Phi) is 7.41. The molecule has 3 aromatic rings. The molecular formula is C23H22N6O4S. The molecule has 0 radical (unpaired) electrons. The molecule has 174 valence electrons. The zero-order valence-corrected chi connectivity index (χ0v) is 19.0. The number of carbonyl (C=O) groups excluding carboxylic acids is 1. The number of rotatable bonds is 8. The van der Waals surface area contributed by atoms with Gasteiger partial charge in [0.1, 0.15) is 0 Å². The first-order valence-corrected chi connectivity index (χ1v) is 11.5. The van der Waals surface area contributed by atoms with Crippen LogP contribution in [0.25, 0.3) is 11.5 Å². The predicted octanol–water partition coefficient (Wildman–Crippen LogP) is 3.13. The molecular weight excluding hydrogens is 456 g/mol. The molecule has 0 bridgehead atoms. The average molecular weight is 479 g/mol. The smallest absolute Gasteiger partial charge is 0.277 e. The number of benzene rings is 2. The number of non-ortho nitro benzene ring substituents is 1. The molecule has 1 aromatic heterocycles. The molecule has 1 amide bonds. The van der Waals surface area contributed by atoms with E-state index in [0.717, 1.165) is 43.6 Å². The highest BCUT2D eigenvalue weighted by Crippen LogP contribution is 2.25. The number of hydrogen-bond acceptors (Lipinski definition) is 9. The minimum absolute atomic E-state index is 0.0230. The molecule has 10 nitrogen and oxygen atoms in total.